The van der Waals surface area contributed by atoms with E-state index in [-0.39, 0.29) is 16.6 Å². The molecule has 1 aliphatic rings. The van der Waals surface area contributed by atoms with E-state index in [1.165, 1.54) is 12.0 Å². The molecular formula is C14H22O. The van der Waals surface area contributed by atoms with Gasteiger partial charge in [-0.3, -0.25) is 4.79 Å². The van der Waals surface area contributed by atoms with E-state index in [1.54, 1.807) is 13.0 Å². The predicted molar refractivity (Wildman–Crippen MR) is 64.7 cm³/mol. The Balaban J connectivity index is 3.10. The minimum Gasteiger partial charge on any atom is -0.295 e. The van der Waals surface area contributed by atoms with Gasteiger partial charge in [0, 0.05) is 5.41 Å². The molecule has 1 rings (SSSR count). The third-order valence-electron chi connectivity index (χ3n) is 4.10. The van der Waals surface area contributed by atoms with Crippen LogP contribution in [-0.2, 0) is 4.79 Å². The first kappa shape index (κ1) is 12.2. The van der Waals surface area contributed by atoms with Crippen LogP contribution in [0.3, 0.4) is 0 Å². The topological polar surface area (TPSA) is 17.1 Å². The van der Waals surface area contributed by atoms with Gasteiger partial charge in [0.1, 0.15) is 0 Å². The molecule has 0 N–H and O–H groups in total. The highest BCUT2D eigenvalue weighted by atomic mass is 16.1. The average molecular weight is 206 g/mol. The standard InChI is InChI=1S/C14H22O/c1-11-7-6-9-13(3,4)14(11,5)10-8-12(2)15/h7-8,10H,6,9H2,1-5H3/b10-8+. The molecule has 0 radical (unpaired) electrons. The highest BCUT2D eigenvalue weighted by molar-refractivity contribution is 5.87. The Morgan fingerprint density at radius 2 is 2.00 bits per heavy atom. The van der Waals surface area contributed by atoms with Crippen LogP contribution in [0, 0.1) is 10.8 Å². The van der Waals surface area contributed by atoms with Crippen LogP contribution in [0.5, 0.6) is 0 Å². The fraction of sp³-hybridized carbons (Fsp3) is 0.643. The molecule has 1 aliphatic carbocycles. The van der Waals surface area contributed by atoms with Crippen LogP contribution in [0.2, 0.25) is 0 Å². The van der Waals surface area contributed by atoms with Crippen molar-refractivity contribution in [3.05, 3.63) is 23.8 Å². The van der Waals surface area contributed by atoms with Crippen molar-refractivity contribution in [1.82, 2.24) is 0 Å². The lowest BCUT2D eigenvalue weighted by Crippen LogP contribution is -2.37. The highest BCUT2D eigenvalue weighted by Gasteiger charge is 2.41. The molecule has 0 aromatic heterocycles. The molecule has 84 valence electrons. The lowest BCUT2D eigenvalue weighted by Gasteiger charge is -2.46. The van der Waals surface area contributed by atoms with E-state index in [1.807, 2.05) is 0 Å². The molecule has 0 aromatic carbocycles. The van der Waals surface area contributed by atoms with Crippen LogP contribution in [-0.4, -0.2) is 5.78 Å². The number of carbonyl (C=O) groups is 1. The number of ketones is 1. The molecule has 0 amide bonds. The van der Waals surface area contributed by atoms with E-state index in [0.717, 1.165) is 6.42 Å². The van der Waals surface area contributed by atoms with Crippen LogP contribution < -0.4 is 0 Å². The van der Waals surface area contributed by atoms with E-state index >= 15 is 0 Å². The van der Waals surface area contributed by atoms with Gasteiger partial charge in [0.25, 0.3) is 0 Å². The van der Waals surface area contributed by atoms with Crippen molar-refractivity contribution in [2.45, 2.75) is 47.5 Å². The quantitative estimate of drug-likeness (QED) is 0.494. The molecule has 0 aromatic rings. The van der Waals surface area contributed by atoms with Gasteiger partial charge in [0.05, 0.1) is 0 Å². The van der Waals surface area contributed by atoms with Crippen molar-refractivity contribution in [3.63, 3.8) is 0 Å². The zero-order valence-electron chi connectivity index (χ0n) is 10.6. The van der Waals surface area contributed by atoms with E-state index in [0.29, 0.717) is 0 Å². The van der Waals surface area contributed by atoms with Crippen molar-refractivity contribution in [2.75, 3.05) is 0 Å². The molecule has 0 fully saturated rings. The van der Waals surface area contributed by atoms with Crippen molar-refractivity contribution >= 4 is 5.78 Å². The average Bonchev–Trinajstić information content (AvgIpc) is 2.11. The molecule has 0 aliphatic heterocycles. The Hall–Kier alpha value is -0.850. The van der Waals surface area contributed by atoms with Crippen molar-refractivity contribution in [2.24, 2.45) is 10.8 Å². The van der Waals surface area contributed by atoms with E-state index in [2.05, 4.69) is 39.8 Å². The smallest absolute Gasteiger partial charge is 0.152 e. The summed E-state index contributed by atoms with van der Waals surface area (Å²) in [4.78, 5) is 11.0. The molecule has 1 heteroatoms. The van der Waals surface area contributed by atoms with Crippen LogP contribution in [0.25, 0.3) is 0 Å². The molecule has 0 bridgehead atoms. The minimum atomic E-state index is 0.0247. The Morgan fingerprint density at radius 1 is 1.40 bits per heavy atom. The molecular weight excluding hydrogens is 184 g/mol. The van der Waals surface area contributed by atoms with Gasteiger partial charge in [-0.25, -0.2) is 0 Å². The molecule has 1 nitrogen and oxygen atoms in total. The summed E-state index contributed by atoms with van der Waals surface area (Å²) in [5, 5.41) is 0. The van der Waals surface area contributed by atoms with Gasteiger partial charge >= 0.3 is 0 Å². The molecule has 0 saturated heterocycles. The fourth-order valence-corrected chi connectivity index (χ4v) is 2.30. The maximum atomic E-state index is 11.0. The van der Waals surface area contributed by atoms with Gasteiger partial charge in [-0.2, -0.15) is 0 Å². The van der Waals surface area contributed by atoms with Crippen molar-refractivity contribution < 1.29 is 4.79 Å². The van der Waals surface area contributed by atoms with Gasteiger partial charge in [-0.1, -0.05) is 38.5 Å². The lowest BCUT2D eigenvalue weighted by atomic mass is 9.58. The van der Waals surface area contributed by atoms with E-state index < -0.39 is 0 Å². The number of carbonyl (C=O) groups excluding carboxylic acids is 1. The van der Waals surface area contributed by atoms with Gasteiger partial charge < -0.3 is 0 Å². The van der Waals surface area contributed by atoms with Crippen molar-refractivity contribution in [3.8, 4) is 0 Å². The summed E-state index contributed by atoms with van der Waals surface area (Å²) in [7, 11) is 0. The maximum absolute atomic E-state index is 11.0. The zero-order chi connectivity index (χ0) is 11.7. The normalized spacial score (nSPS) is 30.3. The van der Waals surface area contributed by atoms with Crippen LogP contribution >= 0.6 is 0 Å². The van der Waals surface area contributed by atoms with Gasteiger partial charge in [-0.15, -0.1) is 0 Å². The number of hydrogen-bond donors (Lipinski definition) is 0. The summed E-state index contributed by atoms with van der Waals surface area (Å²) < 4.78 is 0. The third-order valence-corrected chi connectivity index (χ3v) is 4.10. The molecule has 0 heterocycles. The second-order valence-corrected chi connectivity index (χ2v) is 5.46. The zero-order valence-corrected chi connectivity index (χ0v) is 10.6. The van der Waals surface area contributed by atoms with E-state index in [9.17, 15) is 4.79 Å². The van der Waals surface area contributed by atoms with Gasteiger partial charge in [-0.05, 0) is 38.2 Å². The van der Waals surface area contributed by atoms with Gasteiger partial charge in [0.2, 0.25) is 0 Å². The minimum absolute atomic E-state index is 0.0247. The summed E-state index contributed by atoms with van der Waals surface area (Å²) in [6.07, 6.45) is 8.44. The van der Waals surface area contributed by atoms with Crippen LogP contribution in [0.4, 0.5) is 0 Å². The summed E-state index contributed by atoms with van der Waals surface area (Å²) in [6.45, 7) is 10.6. The summed E-state index contributed by atoms with van der Waals surface area (Å²) in [6, 6.07) is 0. The Morgan fingerprint density at radius 3 is 2.47 bits per heavy atom. The molecule has 0 saturated carbocycles. The van der Waals surface area contributed by atoms with Crippen LogP contribution in [0.1, 0.15) is 47.5 Å². The van der Waals surface area contributed by atoms with Crippen molar-refractivity contribution in [1.29, 1.82) is 0 Å². The number of rotatable bonds is 2. The Kier molecular flexibility index (Phi) is 3.22. The number of hydrogen-bond acceptors (Lipinski definition) is 1. The Labute approximate surface area is 93.3 Å². The first-order chi connectivity index (χ1) is 6.79. The predicted octanol–water partition coefficient (Wildman–Crippen LogP) is 3.90. The first-order valence-electron chi connectivity index (χ1n) is 5.67. The van der Waals surface area contributed by atoms with E-state index in [4.69, 9.17) is 0 Å². The highest BCUT2D eigenvalue weighted by Crippen LogP contribution is 2.51. The molecule has 0 spiro atoms. The third kappa shape index (κ3) is 2.22. The SMILES string of the molecule is CC(=O)/C=C/C1(C)C(C)=CCCC1(C)C. The number of allylic oxidation sites excluding steroid dienone is 4. The Bertz CT molecular complexity index is 320. The lowest BCUT2D eigenvalue weighted by molar-refractivity contribution is -0.112. The second kappa shape index (κ2) is 3.96. The molecule has 1 unspecified atom stereocenters. The summed E-state index contributed by atoms with van der Waals surface area (Å²) in [5.41, 5.74) is 1.64. The summed E-state index contributed by atoms with van der Waals surface area (Å²) in [5.74, 6) is 0.130. The molecule has 1 atom stereocenters. The first-order valence-corrected chi connectivity index (χ1v) is 5.67. The van der Waals surface area contributed by atoms with Crippen LogP contribution in [0.15, 0.2) is 23.8 Å². The largest absolute Gasteiger partial charge is 0.295 e. The monoisotopic (exact) mass is 206 g/mol. The maximum Gasteiger partial charge on any atom is 0.152 e. The fourth-order valence-electron chi connectivity index (χ4n) is 2.30. The second-order valence-electron chi connectivity index (χ2n) is 5.46. The molecule has 15 heavy (non-hydrogen) atoms. The summed E-state index contributed by atoms with van der Waals surface area (Å²) >= 11 is 0. The van der Waals surface area contributed by atoms with Gasteiger partial charge in [0.15, 0.2) is 5.78 Å².